The number of para-hydroxylation sites is 1. The molecule has 1 heterocycles. The highest BCUT2D eigenvalue weighted by molar-refractivity contribution is 8.11. The van der Waals surface area contributed by atoms with E-state index in [9.17, 15) is 8.42 Å². The first-order chi connectivity index (χ1) is 13.4. The summed E-state index contributed by atoms with van der Waals surface area (Å²) in [6.07, 6.45) is 0. The zero-order chi connectivity index (χ0) is 19.7. The minimum absolute atomic E-state index is 0.301. The second-order valence-electron chi connectivity index (χ2n) is 5.73. The predicted molar refractivity (Wildman–Crippen MR) is 113 cm³/mol. The second kappa shape index (κ2) is 7.37. The van der Waals surface area contributed by atoms with Crippen LogP contribution in [0.3, 0.4) is 0 Å². The van der Waals surface area contributed by atoms with Crippen LogP contribution in [0.1, 0.15) is 0 Å². The molecule has 4 rings (SSSR count). The number of rotatable bonds is 4. The molecule has 3 aromatic carbocycles. The molecule has 6 nitrogen and oxygen atoms in total. The van der Waals surface area contributed by atoms with Crippen molar-refractivity contribution in [3.8, 4) is 5.75 Å². The van der Waals surface area contributed by atoms with Gasteiger partial charge in [0, 0.05) is 0 Å². The van der Waals surface area contributed by atoms with Crippen molar-refractivity contribution in [1.82, 2.24) is 0 Å². The minimum atomic E-state index is -3.58. The van der Waals surface area contributed by atoms with Crippen molar-refractivity contribution < 1.29 is 12.9 Å². The van der Waals surface area contributed by atoms with Crippen LogP contribution in [0.2, 0.25) is 0 Å². The van der Waals surface area contributed by atoms with Gasteiger partial charge in [0.2, 0.25) is 0 Å². The van der Waals surface area contributed by atoms with Crippen molar-refractivity contribution in [2.24, 2.45) is 12.1 Å². The Morgan fingerprint density at radius 3 is 1.71 bits per heavy atom. The standard InChI is InChI=1S/C18H15ClN3O3PS2/c19-26(25-16-10-4-1-5-11-16)20-27(23,17-12-6-2-7-13-17)22-28(24,21-26)18-14-8-3-9-15-18/h1-15H. The van der Waals surface area contributed by atoms with Gasteiger partial charge in [0.15, 0.2) is 19.8 Å². The van der Waals surface area contributed by atoms with Gasteiger partial charge >= 0.3 is 6.78 Å². The molecule has 0 N–H and O–H groups in total. The lowest BCUT2D eigenvalue weighted by Gasteiger charge is -2.21. The summed E-state index contributed by atoms with van der Waals surface area (Å²) >= 11 is 6.62. The Kier molecular flexibility index (Phi) is 5.05. The molecule has 0 radical (unpaired) electrons. The fourth-order valence-corrected chi connectivity index (χ4v) is 11.8. The maximum Gasteiger partial charge on any atom is 0.365 e. The average molecular weight is 452 g/mol. The molecule has 0 saturated heterocycles. The van der Waals surface area contributed by atoms with E-state index in [1.54, 1.807) is 84.9 Å². The SMILES string of the molecule is O=S1(c2ccccc2)=NP(Cl)(Oc2ccccc2)=NS(=O)(c2ccccc2)=N1. The smallest absolute Gasteiger partial charge is 0.365 e. The lowest BCUT2D eigenvalue weighted by Crippen LogP contribution is -2.09. The Morgan fingerprint density at radius 1 is 0.714 bits per heavy atom. The van der Waals surface area contributed by atoms with Crippen LogP contribution in [-0.4, -0.2) is 8.42 Å². The van der Waals surface area contributed by atoms with E-state index < -0.39 is 26.6 Å². The van der Waals surface area contributed by atoms with Crippen LogP contribution >= 0.6 is 18.0 Å². The van der Waals surface area contributed by atoms with E-state index in [1.807, 2.05) is 6.07 Å². The van der Waals surface area contributed by atoms with Gasteiger partial charge in [-0.3, -0.25) is 0 Å². The quantitative estimate of drug-likeness (QED) is 0.446. The first-order valence-electron chi connectivity index (χ1n) is 8.16. The Labute approximate surface area is 169 Å². The van der Waals surface area contributed by atoms with E-state index in [0.29, 0.717) is 15.5 Å². The summed E-state index contributed by atoms with van der Waals surface area (Å²) in [7, 11) is -6.96. The van der Waals surface area contributed by atoms with Crippen LogP contribution in [-0.2, 0) is 19.8 Å². The first-order valence-corrected chi connectivity index (χ1v) is 13.6. The van der Waals surface area contributed by atoms with Gasteiger partial charge < -0.3 is 4.52 Å². The number of nitrogens with zero attached hydrogens (tertiary/aromatic N) is 3. The highest BCUT2D eigenvalue weighted by Gasteiger charge is 2.33. The fourth-order valence-electron chi connectivity index (χ4n) is 2.48. The molecular weight excluding hydrogens is 437 g/mol. The van der Waals surface area contributed by atoms with Gasteiger partial charge in [-0.1, -0.05) is 58.4 Å². The second-order valence-corrected chi connectivity index (χ2v) is 13.0. The van der Waals surface area contributed by atoms with Crippen molar-refractivity contribution in [1.29, 1.82) is 0 Å². The van der Waals surface area contributed by atoms with Gasteiger partial charge in [-0.2, -0.15) is 0 Å². The zero-order valence-electron chi connectivity index (χ0n) is 14.4. The molecule has 1 aliphatic heterocycles. The molecule has 3 aromatic rings. The van der Waals surface area contributed by atoms with Crippen molar-refractivity contribution in [3.63, 3.8) is 0 Å². The minimum Gasteiger partial charge on any atom is -0.430 e. The van der Waals surface area contributed by atoms with E-state index in [0.717, 1.165) is 0 Å². The van der Waals surface area contributed by atoms with Gasteiger partial charge in [-0.25, -0.2) is 8.42 Å². The van der Waals surface area contributed by atoms with Crippen LogP contribution in [0.25, 0.3) is 0 Å². The van der Waals surface area contributed by atoms with E-state index in [1.165, 1.54) is 0 Å². The lowest BCUT2D eigenvalue weighted by molar-refractivity contribution is 0.616. The van der Waals surface area contributed by atoms with Gasteiger partial charge in [-0.15, -0.1) is 8.28 Å². The largest absolute Gasteiger partial charge is 0.430 e. The van der Waals surface area contributed by atoms with E-state index in [4.69, 9.17) is 15.8 Å². The Balaban J connectivity index is 1.99. The third kappa shape index (κ3) is 3.86. The topological polar surface area (TPSA) is 80.5 Å². The van der Waals surface area contributed by atoms with Crippen molar-refractivity contribution in [2.45, 2.75) is 9.79 Å². The summed E-state index contributed by atoms with van der Waals surface area (Å²) in [6.45, 7) is -3.58. The Bertz CT molecular complexity index is 1250. The molecular formula is C18H15ClN3O3PS2. The molecule has 0 amide bonds. The maximum atomic E-state index is 13.7. The molecule has 3 atom stereocenters. The Hall–Kier alpha value is -2.12. The summed E-state index contributed by atoms with van der Waals surface area (Å²) in [5.41, 5.74) is 0. The monoisotopic (exact) mass is 451 g/mol. The Morgan fingerprint density at radius 2 is 1.18 bits per heavy atom. The van der Waals surface area contributed by atoms with E-state index >= 15 is 0 Å². The summed E-state index contributed by atoms with van der Waals surface area (Å²) in [6, 6.07) is 25.5. The van der Waals surface area contributed by atoms with E-state index in [-0.39, 0.29) is 0 Å². The summed E-state index contributed by atoms with van der Waals surface area (Å²) in [5, 5.41) is 0. The van der Waals surface area contributed by atoms with Gasteiger partial charge in [-0.05, 0) is 47.6 Å². The molecule has 0 fully saturated rings. The van der Waals surface area contributed by atoms with Crippen molar-refractivity contribution in [2.75, 3.05) is 0 Å². The van der Waals surface area contributed by atoms with Crippen LogP contribution in [0, 0.1) is 0 Å². The number of halogens is 1. The molecule has 0 aromatic heterocycles. The van der Waals surface area contributed by atoms with Crippen LogP contribution in [0.4, 0.5) is 0 Å². The number of hydrogen-bond donors (Lipinski definition) is 0. The van der Waals surface area contributed by atoms with E-state index in [2.05, 4.69) is 12.1 Å². The van der Waals surface area contributed by atoms with Crippen LogP contribution in [0.5, 0.6) is 5.75 Å². The third-order valence-electron chi connectivity index (χ3n) is 3.69. The van der Waals surface area contributed by atoms with Crippen molar-refractivity contribution in [3.05, 3.63) is 91.0 Å². The molecule has 144 valence electrons. The van der Waals surface area contributed by atoms with Crippen LogP contribution < -0.4 is 4.52 Å². The molecule has 0 saturated carbocycles. The first kappa shape index (κ1) is 19.2. The highest BCUT2D eigenvalue weighted by Crippen LogP contribution is 2.62. The van der Waals surface area contributed by atoms with Gasteiger partial charge in [0.05, 0.1) is 9.79 Å². The molecule has 28 heavy (non-hydrogen) atoms. The van der Waals surface area contributed by atoms with Crippen molar-refractivity contribution >= 4 is 37.9 Å². The molecule has 0 aliphatic carbocycles. The van der Waals surface area contributed by atoms with Gasteiger partial charge in [0.25, 0.3) is 0 Å². The average Bonchev–Trinajstić information content (AvgIpc) is 2.69. The molecule has 0 spiro atoms. The maximum absolute atomic E-state index is 13.7. The highest BCUT2D eigenvalue weighted by atomic mass is 35.7. The lowest BCUT2D eigenvalue weighted by atomic mass is 10.3. The molecule has 0 bridgehead atoms. The molecule has 10 heteroatoms. The summed E-state index contributed by atoms with van der Waals surface area (Å²) < 4.78 is 45.7. The molecule has 1 aliphatic rings. The summed E-state index contributed by atoms with van der Waals surface area (Å²) in [5.74, 6) is 0.393. The van der Waals surface area contributed by atoms with Gasteiger partial charge in [0.1, 0.15) is 5.75 Å². The summed E-state index contributed by atoms with van der Waals surface area (Å²) in [4.78, 5) is 0.602. The van der Waals surface area contributed by atoms with Crippen LogP contribution in [0.15, 0.2) is 113 Å². The normalized spacial score (nSPS) is 29.0. The predicted octanol–water partition coefficient (Wildman–Crippen LogP) is 6.15. The fraction of sp³-hybridized carbons (Fsp3) is 0. The number of benzene rings is 3. The number of hydrogen-bond acceptors (Lipinski definition) is 4. The molecule has 3 unspecified atom stereocenters. The third-order valence-corrected chi connectivity index (χ3v) is 12.2. The zero-order valence-corrected chi connectivity index (χ0v) is 17.7.